The highest BCUT2D eigenvalue weighted by Crippen LogP contribution is 2.11. The van der Waals surface area contributed by atoms with Gasteiger partial charge in [0.1, 0.15) is 0 Å². The Bertz CT molecular complexity index is 259. The number of rotatable bonds is 5. The summed E-state index contributed by atoms with van der Waals surface area (Å²) in [4.78, 5) is 14.3. The highest BCUT2D eigenvalue weighted by Gasteiger charge is 2.22. The second-order valence-corrected chi connectivity index (χ2v) is 6.16. The first kappa shape index (κ1) is 19.3. The van der Waals surface area contributed by atoms with Gasteiger partial charge >= 0.3 is 0 Å². The third-order valence-corrected chi connectivity index (χ3v) is 4.37. The van der Waals surface area contributed by atoms with E-state index in [0.717, 1.165) is 24.7 Å². The molecule has 114 valence electrons. The number of carbonyl (C=O) groups is 1. The summed E-state index contributed by atoms with van der Waals surface area (Å²) in [6, 6.07) is 0.0268. The molecule has 19 heavy (non-hydrogen) atoms. The molecule has 2 aliphatic heterocycles. The minimum atomic E-state index is 0. The van der Waals surface area contributed by atoms with Gasteiger partial charge in [0.05, 0.1) is 6.04 Å². The van der Waals surface area contributed by atoms with Gasteiger partial charge in [-0.3, -0.25) is 10.1 Å². The Morgan fingerprint density at radius 2 is 2.11 bits per heavy atom. The largest absolute Gasteiger partial charge is 0.354 e. The molecule has 2 saturated heterocycles. The monoisotopic (exact) mass is 329 g/mol. The summed E-state index contributed by atoms with van der Waals surface area (Å²) in [5.74, 6) is 2.53. The molecule has 0 aromatic heterocycles. The lowest BCUT2D eigenvalue weighted by atomic mass is 10.1. The molecule has 2 rings (SSSR count). The smallest absolute Gasteiger partial charge is 0.238 e. The minimum Gasteiger partial charge on any atom is -0.354 e. The Labute approximate surface area is 132 Å². The van der Waals surface area contributed by atoms with Crippen LogP contribution in [0.4, 0.5) is 0 Å². The highest BCUT2D eigenvalue weighted by molar-refractivity contribution is 7.99. The first-order valence-electron chi connectivity index (χ1n) is 6.57. The zero-order valence-corrected chi connectivity index (χ0v) is 13.8. The number of thioether (sulfide) groups is 1. The predicted octanol–water partition coefficient (Wildman–Crippen LogP) is 1.34. The van der Waals surface area contributed by atoms with Gasteiger partial charge in [-0.15, -0.1) is 36.6 Å². The molecule has 0 aliphatic carbocycles. The lowest BCUT2D eigenvalue weighted by Gasteiger charge is -2.21. The molecule has 2 atom stereocenters. The van der Waals surface area contributed by atoms with Crippen molar-refractivity contribution >= 4 is 42.5 Å². The summed E-state index contributed by atoms with van der Waals surface area (Å²) in [7, 11) is 0. The molecule has 0 aromatic rings. The summed E-state index contributed by atoms with van der Waals surface area (Å²) in [6.07, 6.45) is 2.67. The number of hydrogen-bond acceptors (Lipinski definition) is 4. The van der Waals surface area contributed by atoms with Gasteiger partial charge in [0.2, 0.25) is 5.91 Å². The normalized spacial score (nSPS) is 24.4. The fourth-order valence-corrected chi connectivity index (χ4v) is 3.37. The quantitative estimate of drug-likeness (QED) is 0.799. The van der Waals surface area contributed by atoms with E-state index in [1.165, 1.54) is 25.9 Å². The molecule has 0 spiro atoms. The zero-order chi connectivity index (χ0) is 12.1. The van der Waals surface area contributed by atoms with Gasteiger partial charge in [-0.1, -0.05) is 6.92 Å². The second kappa shape index (κ2) is 10.1. The maximum atomic E-state index is 11.8. The fraction of sp³-hybridized carbons (Fsp3) is 0.917. The zero-order valence-electron chi connectivity index (χ0n) is 11.4. The van der Waals surface area contributed by atoms with E-state index in [1.54, 1.807) is 11.8 Å². The van der Waals surface area contributed by atoms with E-state index >= 15 is 0 Å². The molecule has 2 aliphatic rings. The average Bonchev–Trinajstić information content (AvgIpc) is 2.97. The van der Waals surface area contributed by atoms with Gasteiger partial charge in [0, 0.05) is 24.7 Å². The summed E-state index contributed by atoms with van der Waals surface area (Å²) in [5, 5.41) is 6.25. The third-order valence-electron chi connectivity index (χ3n) is 3.43. The topological polar surface area (TPSA) is 44.4 Å². The van der Waals surface area contributed by atoms with Gasteiger partial charge in [0.25, 0.3) is 0 Å². The summed E-state index contributed by atoms with van der Waals surface area (Å²) in [6.45, 7) is 6.61. The van der Waals surface area contributed by atoms with Crippen LogP contribution in [-0.4, -0.2) is 54.7 Å². The van der Waals surface area contributed by atoms with Crippen molar-refractivity contribution in [3.05, 3.63) is 0 Å². The van der Waals surface area contributed by atoms with Crippen LogP contribution in [0.2, 0.25) is 0 Å². The maximum Gasteiger partial charge on any atom is 0.238 e. The molecular formula is C12H25Cl2N3OS. The van der Waals surface area contributed by atoms with Crippen LogP contribution >= 0.6 is 36.6 Å². The third kappa shape index (κ3) is 6.54. The number of likely N-dealkylation sites (tertiary alicyclic amines) is 1. The molecule has 4 nitrogen and oxygen atoms in total. The molecule has 7 heteroatoms. The molecule has 2 fully saturated rings. The van der Waals surface area contributed by atoms with Gasteiger partial charge < -0.3 is 10.2 Å². The number of carbonyl (C=O) groups excluding carboxylic acids is 1. The molecule has 2 unspecified atom stereocenters. The molecular weight excluding hydrogens is 305 g/mol. The SMILES string of the molecule is CC(CNC(=O)C1CSCN1)CN1CCCC1.Cl.Cl. The number of halogens is 2. The summed E-state index contributed by atoms with van der Waals surface area (Å²) in [5.41, 5.74) is 0. The van der Waals surface area contributed by atoms with Gasteiger partial charge in [-0.2, -0.15) is 0 Å². The van der Waals surface area contributed by atoms with E-state index in [9.17, 15) is 4.79 Å². The van der Waals surface area contributed by atoms with Crippen LogP contribution in [0.5, 0.6) is 0 Å². The predicted molar refractivity (Wildman–Crippen MR) is 86.6 cm³/mol. The molecule has 2 N–H and O–H groups in total. The van der Waals surface area contributed by atoms with Crippen molar-refractivity contribution in [1.29, 1.82) is 0 Å². The van der Waals surface area contributed by atoms with E-state index in [4.69, 9.17) is 0 Å². The Kier molecular flexibility index (Phi) is 10.3. The first-order chi connectivity index (χ1) is 8.25. The van der Waals surface area contributed by atoms with Gasteiger partial charge in [-0.05, 0) is 31.8 Å². The second-order valence-electron chi connectivity index (χ2n) is 5.13. The number of amides is 1. The standard InChI is InChI=1S/C12H23N3OS.2ClH/c1-10(7-15-4-2-3-5-15)6-13-12(16)11-8-17-9-14-11;;/h10-11,14H,2-9H2,1H3,(H,13,16);2*1H. The van der Waals surface area contributed by atoms with E-state index in [1.807, 2.05) is 0 Å². The number of nitrogens with one attached hydrogen (secondary N) is 2. The Balaban J connectivity index is 0.00000162. The lowest BCUT2D eigenvalue weighted by molar-refractivity contribution is -0.122. The summed E-state index contributed by atoms with van der Waals surface area (Å²) < 4.78 is 0. The average molecular weight is 330 g/mol. The van der Waals surface area contributed by atoms with Crippen molar-refractivity contribution in [2.75, 3.05) is 37.8 Å². The minimum absolute atomic E-state index is 0. The fourth-order valence-electron chi connectivity index (χ4n) is 2.43. The number of nitrogens with zero attached hydrogens (tertiary/aromatic N) is 1. The first-order valence-corrected chi connectivity index (χ1v) is 7.72. The van der Waals surface area contributed by atoms with Crippen molar-refractivity contribution in [2.24, 2.45) is 5.92 Å². The molecule has 1 amide bonds. The summed E-state index contributed by atoms with van der Waals surface area (Å²) >= 11 is 1.79. The van der Waals surface area contributed by atoms with Gasteiger partial charge in [0.15, 0.2) is 0 Å². The van der Waals surface area contributed by atoms with Crippen molar-refractivity contribution in [2.45, 2.75) is 25.8 Å². The Hall–Kier alpha value is 0.320. The van der Waals surface area contributed by atoms with Crippen LogP contribution in [0.15, 0.2) is 0 Å². The number of hydrogen-bond donors (Lipinski definition) is 2. The molecule has 2 heterocycles. The van der Waals surface area contributed by atoms with Crippen molar-refractivity contribution < 1.29 is 4.79 Å². The van der Waals surface area contributed by atoms with Crippen LogP contribution in [0.3, 0.4) is 0 Å². The van der Waals surface area contributed by atoms with E-state index in [0.29, 0.717) is 5.92 Å². The van der Waals surface area contributed by atoms with Crippen molar-refractivity contribution in [1.82, 2.24) is 15.5 Å². The molecule has 0 saturated carbocycles. The Morgan fingerprint density at radius 3 is 2.68 bits per heavy atom. The molecule has 0 bridgehead atoms. The van der Waals surface area contributed by atoms with Crippen LogP contribution in [0.1, 0.15) is 19.8 Å². The van der Waals surface area contributed by atoms with Crippen LogP contribution in [0, 0.1) is 5.92 Å². The van der Waals surface area contributed by atoms with Crippen LogP contribution < -0.4 is 10.6 Å². The van der Waals surface area contributed by atoms with Crippen molar-refractivity contribution in [3.8, 4) is 0 Å². The Morgan fingerprint density at radius 1 is 1.42 bits per heavy atom. The highest BCUT2D eigenvalue weighted by atomic mass is 35.5. The van der Waals surface area contributed by atoms with E-state index in [-0.39, 0.29) is 36.8 Å². The maximum absolute atomic E-state index is 11.8. The van der Waals surface area contributed by atoms with E-state index in [2.05, 4.69) is 22.5 Å². The molecule has 0 radical (unpaired) electrons. The van der Waals surface area contributed by atoms with Gasteiger partial charge in [-0.25, -0.2) is 0 Å². The van der Waals surface area contributed by atoms with Crippen molar-refractivity contribution in [3.63, 3.8) is 0 Å². The molecule has 0 aromatic carbocycles. The van der Waals surface area contributed by atoms with Crippen LogP contribution in [0.25, 0.3) is 0 Å². The lowest BCUT2D eigenvalue weighted by Crippen LogP contribution is -2.44. The van der Waals surface area contributed by atoms with Crippen LogP contribution in [-0.2, 0) is 4.79 Å². The van der Waals surface area contributed by atoms with E-state index < -0.39 is 0 Å².